The van der Waals surface area contributed by atoms with Crippen LogP contribution in [0.3, 0.4) is 0 Å². The van der Waals surface area contributed by atoms with Crippen LogP contribution >= 0.6 is 0 Å². The number of esters is 1. The van der Waals surface area contributed by atoms with Crippen LogP contribution in [-0.4, -0.2) is 46.3 Å². The Labute approximate surface area is 173 Å². The molecule has 1 atom stereocenters. The maximum atomic E-state index is 12.7. The van der Waals surface area contributed by atoms with Gasteiger partial charge < -0.3 is 28.4 Å². The van der Waals surface area contributed by atoms with Crippen LogP contribution in [0.2, 0.25) is 0 Å². The molecule has 0 radical (unpaired) electrons. The van der Waals surface area contributed by atoms with E-state index >= 15 is 0 Å². The van der Waals surface area contributed by atoms with Crippen molar-refractivity contribution in [2.75, 3.05) is 28.4 Å². The summed E-state index contributed by atoms with van der Waals surface area (Å²) in [5.41, 5.74) is 1.03. The fourth-order valence-electron chi connectivity index (χ4n) is 2.99. The summed E-state index contributed by atoms with van der Waals surface area (Å²) in [6.07, 6.45) is 0.795. The summed E-state index contributed by atoms with van der Waals surface area (Å²) in [5.74, 6) is 1.45. The smallest absolute Gasteiger partial charge is 0.346 e. The summed E-state index contributed by atoms with van der Waals surface area (Å²) < 4.78 is 31.9. The van der Waals surface area contributed by atoms with E-state index < -0.39 is 12.1 Å². The maximum Gasteiger partial charge on any atom is 0.346 e. The molecule has 30 heavy (non-hydrogen) atoms. The number of ether oxygens (including phenoxy) is 6. The highest BCUT2D eigenvalue weighted by Crippen LogP contribution is 2.40. The maximum absolute atomic E-state index is 12.7. The van der Waals surface area contributed by atoms with E-state index in [9.17, 15) is 9.59 Å². The molecule has 1 unspecified atom stereocenters. The Hall–Kier alpha value is -3.68. The van der Waals surface area contributed by atoms with E-state index in [0.717, 1.165) is 0 Å². The van der Waals surface area contributed by atoms with Crippen LogP contribution in [-0.2, 0) is 9.53 Å². The minimum atomic E-state index is -0.792. The van der Waals surface area contributed by atoms with Crippen molar-refractivity contribution in [2.45, 2.75) is 13.0 Å². The molecule has 0 spiro atoms. The topological polar surface area (TPSA) is 89.5 Å². The lowest BCUT2D eigenvalue weighted by atomic mass is 10.1. The summed E-state index contributed by atoms with van der Waals surface area (Å²) in [6.45, 7) is 1.57. The molecule has 2 aromatic rings. The van der Waals surface area contributed by atoms with Gasteiger partial charge in [-0.3, -0.25) is 4.79 Å². The highest BCUT2D eigenvalue weighted by Gasteiger charge is 2.28. The summed E-state index contributed by atoms with van der Waals surface area (Å²) in [7, 11) is 5.82. The van der Waals surface area contributed by atoms with Crippen molar-refractivity contribution in [3.05, 3.63) is 47.2 Å². The number of methoxy groups -OCH3 is 4. The Bertz CT molecular complexity index is 983. The number of hydrogen-bond acceptors (Lipinski definition) is 8. The van der Waals surface area contributed by atoms with Crippen molar-refractivity contribution < 1.29 is 38.0 Å². The van der Waals surface area contributed by atoms with Crippen molar-refractivity contribution in [1.29, 1.82) is 0 Å². The van der Waals surface area contributed by atoms with Gasteiger partial charge in [0, 0.05) is 6.07 Å². The van der Waals surface area contributed by atoms with E-state index in [1.807, 2.05) is 0 Å². The average molecular weight is 414 g/mol. The van der Waals surface area contributed by atoms with Gasteiger partial charge in [0.15, 0.2) is 23.4 Å². The molecule has 3 rings (SSSR count). The Morgan fingerprint density at radius 3 is 2.23 bits per heavy atom. The molecule has 1 aliphatic heterocycles. The number of rotatable bonds is 7. The Morgan fingerprint density at radius 2 is 1.67 bits per heavy atom. The lowest BCUT2D eigenvalue weighted by Crippen LogP contribution is -2.24. The second-order valence-corrected chi connectivity index (χ2v) is 6.34. The fourth-order valence-corrected chi connectivity index (χ4v) is 2.99. The lowest BCUT2D eigenvalue weighted by molar-refractivity contribution is -0.147. The Balaban J connectivity index is 1.89. The SMILES string of the molecule is COC(=O)C(C)Oc1ccc2c(c1)OC(=Cc1cc(OC)c(OC)c(OC)c1)C2=O. The molecular weight excluding hydrogens is 392 g/mol. The van der Waals surface area contributed by atoms with E-state index in [2.05, 4.69) is 4.74 Å². The molecule has 0 aliphatic carbocycles. The molecule has 0 saturated heterocycles. The van der Waals surface area contributed by atoms with Gasteiger partial charge in [0.25, 0.3) is 0 Å². The van der Waals surface area contributed by atoms with E-state index in [1.165, 1.54) is 28.4 Å². The molecule has 0 N–H and O–H groups in total. The van der Waals surface area contributed by atoms with E-state index in [4.69, 9.17) is 23.7 Å². The first-order valence-electron chi connectivity index (χ1n) is 9.04. The Kier molecular flexibility index (Phi) is 6.15. The zero-order valence-electron chi connectivity index (χ0n) is 17.3. The number of carbonyl (C=O) groups is 2. The molecule has 0 aromatic heterocycles. The predicted octanol–water partition coefficient (Wildman–Crippen LogP) is 3.27. The second-order valence-electron chi connectivity index (χ2n) is 6.34. The van der Waals surface area contributed by atoms with Gasteiger partial charge in [0.1, 0.15) is 11.5 Å². The predicted molar refractivity (Wildman–Crippen MR) is 108 cm³/mol. The van der Waals surface area contributed by atoms with E-state index in [1.54, 1.807) is 43.3 Å². The van der Waals surface area contributed by atoms with Gasteiger partial charge in [-0.1, -0.05) is 0 Å². The summed E-state index contributed by atoms with van der Waals surface area (Å²) in [5, 5.41) is 0. The first kappa shape index (κ1) is 21.0. The zero-order chi connectivity index (χ0) is 21.8. The minimum Gasteiger partial charge on any atom is -0.493 e. The number of allylic oxidation sites excluding steroid dienone is 1. The van der Waals surface area contributed by atoms with Crippen LogP contribution in [0.1, 0.15) is 22.8 Å². The third kappa shape index (κ3) is 4.03. The van der Waals surface area contributed by atoms with Gasteiger partial charge >= 0.3 is 5.97 Å². The first-order chi connectivity index (χ1) is 14.4. The monoisotopic (exact) mass is 414 g/mol. The molecule has 0 bridgehead atoms. The van der Waals surface area contributed by atoms with Gasteiger partial charge in [-0.15, -0.1) is 0 Å². The van der Waals surface area contributed by atoms with Crippen molar-refractivity contribution in [3.8, 4) is 28.7 Å². The van der Waals surface area contributed by atoms with Crippen LogP contribution < -0.4 is 23.7 Å². The minimum absolute atomic E-state index is 0.137. The largest absolute Gasteiger partial charge is 0.493 e. The first-order valence-corrected chi connectivity index (χ1v) is 9.04. The third-order valence-corrected chi connectivity index (χ3v) is 4.47. The zero-order valence-corrected chi connectivity index (χ0v) is 17.3. The molecule has 0 saturated carbocycles. The molecule has 0 fully saturated rings. The van der Waals surface area contributed by atoms with Crippen molar-refractivity contribution in [1.82, 2.24) is 0 Å². The molecule has 0 amide bonds. The van der Waals surface area contributed by atoms with Gasteiger partial charge in [-0.25, -0.2) is 4.79 Å². The standard InChI is InChI=1S/C22H22O8/c1-12(22(24)28-5)29-14-6-7-15-16(11-14)30-17(20(15)23)8-13-9-18(25-2)21(27-4)19(10-13)26-3/h6-12H,1-5H3. The van der Waals surface area contributed by atoms with Crippen LogP contribution in [0.15, 0.2) is 36.1 Å². The van der Waals surface area contributed by atoms with Crippen LogP contribution in [0.5, 0.6) is 28.7 Å². The van der Waals surface area contributed by atoms with E-state index in [0.29, 0.717) is 39.9 Å². The average Bonchev–Trinajstić information content (AvgIpc) is 3.06. The number of carbonyl (C=O) groups excluding carboxylic acids is 2. The molecule has 8 heteroatoms. The molecule has 1 heterocycles. The molecule has 8 nitrogen and oxygen atoms in total. The lowest BCUT2D eigenvalue weighted by Gasteiger charge is -2.13. The number of benzene rings is 2. The molecule has 2 aromatic carbocycles. The number of fused-ring (bicyclic) bond motifs is 1. The van der Waals surface area contributed by atoms with Gasteiger partial charge in [0.2, 0.25) is 11.5 Å². The normalized spacial score (nSPS) is 14.6. The van der Waals surface area contributed by atoms with Crippen molar-refractivity contribution in [3.63, 3.8) is 0 Å². The fraction of sp³-hybridized carbons (Fsp3) is 0.273. The molecule has 158 valence electrons. The quantitative estimate of drug-likeness (QED) is 0.504. The van der Waals surface area contributed by atoms with E-state index in [-0.39, 0.29) is 11.5 Å². The van der Waals surface area contributed by atoms with Crippen LogP contribution in [0, 0.1) is 0 Å². The number of ketones is 1. The van der Waals surface area contributed by atoms with Crippen molar-refractivity contribution in [2.24, 2.45) is 0 Å². The second kappa shape index (κ2) is 8.77. The molecule has 1 aliphatic rings. The highest BCUT2D eigenvalue weighted by molar-refractivity contribution is 6.14. The van der Waals surface area contributed by atoms with Gasteiger partial charge in [-0.2, -0.15) is 0 Å². The van der Waals surface area contributed by atoms with Gasteiger partial charge in [-0.05, 0) is 42.8 Å². The highest BCUT2D eigenvalue weighted by atomic mass is 16.6. The summed E-state index contributed by atoms with van der Waals surface area (Å²) in [4.78, 5) is 24.3. The third-order valence-electron chi connectivity index (χ3n) is 4.47. The Morgan fingerprint density at radius 1 is 1.00 bits per heavy atom. The summed E-state index contributed by atoms with van der Waals surface area (Å²) >= 11 is 0. The number of hydrogen-bond donors (Lipinski definition) is 0. The number of Topliss-reactive ketones (excluding diaryl/α,β-unsaturated/α-hetero) is 1. The molecular formula is C22H22O8. The van der Waals surface area contributed by atoms with Crippen molar-refractivity contribution >= 4 is 17.8 Å². The summed E-state index contributed by atoms with van der Waals surface area (Å²) in [6, 6.07) is 8.17. The van der Waals surface area contributed by atoms with Crippen LogP contribution in [0.4, 0.5) is 0 Å². The van der Waals surface area contributed by atoms with Crippen LogP contribution in [0.25, 0.3) is 6.08 Å². The van der Waals surface area contributed by atoms with Gasteiger partial charge in [0.05, 0.1) is 34.0 Å².